The minimum Gasteiger partial charge on any atom is -0.497 e. The van der Waals surface area contributed by atoms with Crippen LogP contribution in [0.1, 0.15) is 41.3 Å². The van der Waals surface area contributed by atoms with Gasteiger partial charge in [-0.3, -0.25) is 9.78 Å². The topological polar surface area (TPSA) is 63.2 Å². The Balaban J connectivity index is 1.80. The lowest BCUT2D eigenvalue weighted by molar-refractivity contribution is 0.102. The zero-order valence-corrected chi connectivity index (χ0v) is 16.6. The Morgan fingerprint density at radius 3 is 2.46 bits per heavy atom. The average Bonchev–Trinajstić information content (AvgIpc) is 2.70. The molecule has 5 heteroatoms. The smallest absolute Gasteiger partial charge is 0.257 e. The summed E-state index contributed by atoms with van der Waals surface area (Å²) in [6.07, 6.45) is 3.28. The summed E-state index contributed by atoms with van der Waals surface area (Å²) in [4.78, 5) is 16.8. The minimum absolute atomic E-state index is 0.213. The molecule has 1 aromatic heterocycles. The number of nitrogens with one attached hydrogen (secondary N) is 2. The lowest BCUT2D eigenvalue weighted by atomic mass is 9.98. The van der Waals surface area contributed by atoms with Crippen LogP contribution in [0.25, 0.3) is 0 Å². The van der Waals surface area contributed by atoms with Crippen molar-refractivity contribution in [2.75, 3.05) is 17.7 Å². The average molecular weight is 375 g/mol. The number of benzene rings is 2. The predicted octanol–water partition coefficient (Wildman–Crippen LogP) is 5.52. The lowest BCUT2D eigenvalue weighted by Crippen LogP contribution is -2.12. The molecular formula is C23H25N3O2. The van der Waals surface area contributed by atoms with Gasteiger partial charge in [-0.1, -0.05) is 32.0 Å². The van der Waals surface area contributed by atoms with Crippen molar-refractivity contribution < 1.29 is 9.53 Å². The van der Waals surface area contributed by atoms with Crippen molar-refractivity contribution in [2.24, 2.45) is 0 Å². The molecule has 144 valence electrons. The van der Waals surface area contributed by atoms with Crippen molar-refractivity contribution in [3.63, 3.8) is 0 Å². The number of hydrogen-bond donors (Lipinski definition) is 2. The van der Waals surface area contributed by atoms with Gasteiger partial charge in [0.05, 0.1) is 24.6 Å². The Morgan fingerprint density at radius 2 is 1.79 bits per heavy atom. The highest BCUT2D eigenvalue weighted by Gasteiger charge is 2.12. The summed E-state index contributed by atoms with van der Waals surface area (Å²) in [5.41, 5.74) is 5.41. The van der Waals surface area contributed by atoms with Crippen LogP contribution in [-0.4, -0.2) is 18.0 Å². The van der Waals surface area contributed by atoms with Gasteiger partial charge in [-0.15, -0.1) is 0 Å². The summed E-state index contributed by atoms with van der Waals surface area (Å²) < 4.78 is 5.14. The van der Waals surface area contributed by atoms with Gasteiger partial charge in [-0.2, -0.15) is 0 Å². The number of carbonyl (C=O) groups is 1. The molecule has 2 N–H and O–H groups in total. The van der Waals surface area contributed by atoms with Crippen LogP contribution in [0.15, 0.2) is 60.9 Å². The summed E-state index contributed by atoms with van der Waals surface area (Å²) in [5, 5.41) is 6.32. The van der Waals surface area contributed by atoms with E-state index in [1.807, 2.05) is 6.07 Å². The van der Waals surface area contributed by atoms with E-state index < -0.39 is 0 Å². The van der Waals surface area contributed by atoms with Gasteiger partial charge in [0.15, 0.2) is 0 Å². The van der Waals surface area contributed by atoms with Gasteiger partial charge in [0, 0.05) is 17.6 Å². The Hall–Kier alpha value is -3.34. The molecule has 1 amide bonds. The number of ether oxygens (including phenoxy) is 1. The van der Waals surface area contributed by atoms with Crippen molar-refractivity contribution in [1.29, 1.82) is 0 Å². The van der Waals surface area contributed by atoms with E-state index in [4.69, 9.17) is 4.74 Å². The van der Waals surface area contributed by atoms with Crippen LogP contribution < -0.4 is 15.4 Å². The van der Waals surface area contributed by atoms with Crippen LogP contribution in [0.3, 0.4) is 0 Å². The molecule has 3 aromatic rings. The van der Waals surface area contributed by atoms with Crippen molar-refractivity contribution in [3.05, 3.63) is 77.6 Å². The van der Waals surface area contributed by atoms with E-state index in [0.717, 1.165) is 22.7 Å². The molecule has 0 aliphatic heterocycles. The standard InChI is InChI=1S/C23H25N3O2/c1-15(2)21-7-5-6-16(3)22(21)25-19-12-17(13-24-14-19)23(27)26-18-8-10-20(28-4)11-9-18/h5-15,25H,1-4H3,(H,26,27). The number of anilines is 3. The highest BCUT2D eigenvalue weighted by atomic mass is 16.5. The fourth-order valence-electron chi connectivity index (χ4n) is 3.00. The fourth-order valence-corrected chi connectivity index (χ4v) is 3.00. The van der Waals surface area contributed by atoms with Crippen molar-refractivity contribution in [2.45, 2.75) is 26.7 Å². The van der Waals surface area contributed by atoms with E-state index in [-0.39, 0.29) is 5.91 Å². The first kappa shape index (κ1) is 19.4. The number of pyridine rings is 1. The van der Waals surface area contributed by atoms with Crippen LogP contribution in [-0.2, 0) is 0 Å². The van der Waals surface area contributed by atoms with Crippen molar-refractivity contribution in [3.8, 4) is 5.75 Å². The maximum absolute atomic E-state index is 12.6. The van der Waals surface area contributed by atoms with E-state index in [0.29, 0.717) is 17.2 Å². The first-order valence-electron chi connectivity index (χ1n) is 9.25. The largest absolute Gasteiger partial charge is 0.497 e. The molecule has 2 aromatic carbocycles. The predicted molar refractivity (Wildman–Crippen MR) is 114 cm³/mol. The third-order valence-corrected chi connectivity index (χ3v) is 4.54. The number of methoxy groups -OCH3 is 1. The molecule has 0 saturated carbocycles. The van der Waals surface area contributed by atoms with Crippen LogP contribution in [0.5, 0.6) is 5.75 Å². The fraction of sp³-hybridized carbons (Fsp3) is 0.217. The van der Waals surface area contributed by atoms with E-state index in [1.54, 1.807) is 43.8 Å². The molecule has 28 heavy (non-hydrogen) atoms. The van der Waals surface area contributed by atoms with Gasteiger partial charge in [-0.25, -0.2) is 0 Å². The molecule has 0 bridgehead atoms. The summed E-state index contributed by atoms with van der Waals surface area (Å²) >= 11 is 0. The van der Waals surface area contributed by atoms with Crippen molar-refractivity contribution >= 4 is 23.0 Å². The molecule has 3 rings (SSSR count). The van der Waals surface area contributed by atoms with Gasteiger partial charge >= 0.3 is 0 Å². The molecule has 0 saturated heterocycles. The number of amides is 1. The Kier molecular flexibility index (Phi) is 5.94. The number of aromatic nitrogens is 1. The monoisotopic (exact) mass is 375 g/mol. The minimum atomic E-state index is -0.213. The molecular weight excluding hydrogens is 350 g/mol. The summed E-state index contributed by atoms with van der Waals surface area (Å²) in [6.45, 7) is 6.40. The molecule has 0 unspecified atom stereocenters. The van der Waals surface area contributed by atoms with Gasteiger partial charge in [0.2, 0.25) is 0 Å². The van der Waals surface area contributed by atoms with E-state index in [2.05, 4.69) is 54.6 Å². The van der Waals surface area contributed by atoms with Gasteiger partial charge in [0.1, 0.15) is 5.75 Å². The van der Waals surface area contributed by atoms with Gasteiger partial charge in [0.25, 0.3) is 5.91 Å². The number of hydrogen-bond acceptors (Lipinski definition) is 4. The van der Waals surface area contributed by atoms with Crippen LogP contribution in [0.4, 0.5) is 17.1 Å². The molecule has 5 nitrogen and oxygen atoms in total. The normalized spacial score (nSPS) is 10.6. The first-order chi connectivity index (χ1) is 13.5. The second-order valence-electron chi connectivity index (χ2n) is 6.96. The van der Waals surface area contributed by atoms with Gasteiger partial charge < -0.3 is 15.4 Å². The number of para-hydroxylation sites is 1. The zero-order valence-electron chi connectivity index (χ0n) is 16.6. The first-order valence-corrected chi connectivity index (χ1v) is 9.25. The van der Waals surface area contributed by atoms with E-state index >= 15 is 0 Å². The third kappa shape index (κ3) is 4.49. The maximum Gasteiger partial charge on any atom is 0.257 e. The molecule has 0 atom stereocenters. The molecule has 1 heterocycles. The molecule has 0 fully saturated rings. The molecule has 0 radical (unpaired) electrons. The number of aryl methyl sites for hydroxylation is 1. The Bertz CT molecular complexity index is 966. The summed E-state index contributed by atoms with van der Waals surface area (Å²) in [6, 6.07) is 15.3. The lowest BCUT2D eigenvalue weighted by Gasteiger charge is -2.17. The number of rotatable bonds is 6. The highest BCUT2D eigenvalue weighted by Crippen LogP contribution is 2.30. The van der Waals surface area contributed by atoms with Crippen LogP contribution >= 0.6 is 0 Å². The van der Waals surface area contributed by atoms with Crippen LogP contribution in [0.2, 0.25) is 0 Å². The summed E-state index contributed by atoms with van der Waals surface area (Å²) in [7, 11) is 1.61. The molecule has 0 aliphatic rings. The highest BCUT2D eigenvalue weighted by molar-refractivity contribution is 6.04. The maximum atomic E-state index is 12.6. The summed E-state index contributed by atoms with van der Waals surface area (Å²) in [5.74, 6) is 0.914. The number of nitrogens with zero attached hydrogens (tertiary/aromatic N) is 1. The van der Waals surface area contributed by atoms with E-state index in [1.165, 1.54) is 5.56 Å². The second-order valence-corrected chi connectivity index (χ2v) is 6.96. The zero-order chi connectivity index (χ0) is 20.1. The second kappa shape index (κ2) is 8.57. The Labute approximate surface area is 165 Å². The number of carbonyl (C=O) groups excluding carboxylic acids is 1. The molecule has 0 spiro atoms. The van der Waals surface area contributed by atoms with Gasteiger partial charge in [-0.05, 0) is 54.3 Å². The Morgan fingerprint density at radius 1 is 1.04 bits per heavy atom. The SMILES string of the molecule is COc1ccc(NC(=O)c2cncc(Nc3c(C)cccc3C(C)C)c2)cc1. The van der Waals surface area contributed by atoms with E-state index in [9.17, 15) is 4.79 Å². The quantitative estimate of drug-likeness (QED) is 0.596. The van der Waals surface area contributed by atoms with Crippen LogP contribution in [0, 0.1) is 6.92 Å². The third-order valence-electron chi connectivity index (χ3n) is 4.54. The van der Waals surface area contributed by atoms with Crippen molar-refractivity contribution in [1.82, 2.24) is 4.98 Å². The molecule has 0 aliphatic carbocycles.